The van der Waals surface area contributed by atoms with E-state index in [1.807, 2.05) is 0 Å². The second kappa shape index (κ2) is 12.4. The van der Waals surface area contributed by atoms with Crippen molar-refractivity contribution in [1.82, 2.24) is 4.57 Å². The van der Waals surface area contributed by atoms with E-state index in [2.05, 4.69) is 205 Å². The van der Waals surface area contributed by atoms with Crippen molar-refractivity contribution in [3.05, 3.63) is 161 Å². The van der Waals surface area contributed by atoms with E-state index in [1.54, 1.807) is 0 Å². The van der Waals surface area contributed by atoms with Crippen LogP contribution in [0.4, 0.5) is 11.4 Å². The fraction of sp³-hybridized carbons (Fsp3) is 0.238. The fourth-order valence-corrected chi connectivity index (χ4v) is 13.5. The Labute approximate surface area is 397 Å². The Balaban J connectivity index is 1.09. The number of aromatic nitrogens is 1. The zero-order valence-electron chi connectivity index (χ0n) is 40.4. The molecular formula is C63H53BN2O2. The molecule has 0 atom stereocenters. The van der Waals surface area contributed by atoms with Crippen LogP contribution < -0.4 is 15.7 Å². The average Bonchev–Trinajstić information content (AvgIpc) is 4.03. The molecule has 0 saturated heterocycles. The third-order valence-electron chi connectivity index (χ3n) is 17.4. The Morgan fingerprint density at radius 3 is 1.78 bits per heavy atom. The van der Waals surface area contributed by atoms with Crippen LogP contribution in [-0.2, 0) is 21.7 Å². The smallest absolute Gasteiger partial charge is 0.333 e. The quantitative estimate of drug-likeness (QED) is 0.154. The molecule has 3 aromatic heterocycles. The summed E-state index contributed by atoms with van der Waals surface area (Å²) in [6.07, 6.45) is 2.39. The molecule has 0 fully saturated rings. The van der Waals surface area contributed by atoms with Crippen LogP contribution >= 0.6 is 0 Å². The van der Waals surface area contributed by atoms with Crippen LogP contribution in [0, 0.1) is 0 Å². The summed E-state index contributed by atoms with van der Waals surface area (Å²) >= 11 is 0. The van der Waals surface area contributed by atoms with Gasteiger partial charge in [-0.05, 0) is 133 Å². The molecule has 2 aliphatic heterocycles. The number of hydrogen-bond acceptors (Lipinski definition) is 3. The average molecular weight is 881 g/mol. The number of anilines is 2. The minimum Gasteiger partial charge on any atom is -0.456 e. The number of para-hydroxylation sites is 2. The lowest BCUT2D eigenvalue weighted by Crippen LogP contribution is -2.60. The van der Waals surface area contributed by atoms with Crippen LogP contribution in [0.5, 0.6) is 0 Å². The zero-order chi connectivity index (χ0) is 46.1. The van der Waals surface area contributed by atoms with E-state index in [-0.39, 0.29) is 28.5 Å². The molecule has 5 heterocycles. The number of fused-ring (bicyclic) bond motifs is 18. The Morgan fingerprint density at radius 1 is 0.485 bits per heavy atom. The monoisotopic (exact) mass is 880 g/mol. The molecule has 11 aromatic rings. The fourth-order valence-electron chi connectivity index (χ4n) is 13.5. The predicted octanol–water partition coefficient (Wildman–Crippen LogP) is 15.8. The molecule has 4 aliphatic rings. The molecule has 330 valence electrons. The highest BCUT2D eigenvalue weighted by atomic mass is 16.3. The topological polar surface area (TPSA) is 34.5 Å². The number of furan rings is 2. The number of rotatable bonds is 1. The molecule has 8 aromatic carbocycles. The van der Waals surface area contributed by atoms with Gasteiger partial charge in [0.1, 0.15) is 22.3 Å². The molecule has 0 amide bonds. The van der Waals surface area contributed by atoms with E-state index >= 15 is 0 Å². The normalized spacial score (nSPS) is 17.1. The summed E-state index contributed by atoms with van der Waals surface area (Å²) in [7, 11) is 0. The summed E-state index contributed by atoms with van der Waals surface area (Å²) in [6, 6.07) is 51.2. The van der Waals surface area contributed by atoms with E-state index in [0.717, 1.165) is 55.1 Å². The Kier molecular flexibility index (Phi) is 7.11. The highest BCUT2D eigenvalue weighted by molar-refractivity contribution is 6.94. The van der Waals surface area contributed by atoms with Gasteiger partial charge in [-0.25, -0.2) is 0 Å². The minimum atomic E-state index is -0.184. The second-order valence-electron chi connectivity index (χ2n) is 23.5. The first-order valence-electron chi connectivity index (χ1n) is 24.7. The van der Waals surface area contributed by atoms with Gasteiger partial charge < -0.3 is 18.2 Å². The van der Waals surface area contributed by atoms with Crippen molar-refractivity contribution in [2.24, 2.45) is 0 Å². The molecule has 5 heteroatoms. The number of hydrogen-bond donors (Lipinski definition) is 0. The van der Waals surface area contributed by atoms with Crippen LogP contribution in [0.25, 0.3) is 93.6 Å². The third kappa shape index (κ3) is 4.82. The molecule has 0 N–H and O–H groups in total. The Morgan fingerprint density at radius 2 is 1.09 bits per heavy atom. The molecule has 0 radical (unpaired) electrons. The van der Waals surface area contributed by atoms with Crippen LogP contribution in [0.1, 0.15) is 103 Å². The first-order chi connectivity index (χ1) is 32.6. The maximum absolute atomic E-state index is 6.75. The molecular weight excluding hydrogens is 828 g/mol. The van der Waals surface area contributed by atoms with Crippen LogP contribution in [0.3, 0.4) is 0 Å². The molecule has 0 spiro atoms. The SMILES string of the molecule is CC(C)(C)c1ccc(N2B3c4cc5c(cc4-n4c6cc7oc8ccccc8c7cc6c6ccc(c3c64)-c3cc4c(cc32)-c2cc3c(cc2C4(C)C)C(C)(C)CCC3(C)C)oc2ccccc25)cc1. The Hall–Kier alpha value is -6.98. The lowest BCUT2D eigenvalue weighted by Gasteiger charge is -2.42. The molecule has 15 rings (SSSR count). The molecule has 0 saturated carbocycles. The summed E-state index contributed by atoms with van der Waals surface area (Å²) in [5.41, 5.74) is 24.9. The first kappa shape index (κ1) is 39.1. The first-order valence-corrected chi connectivity index (χ1v) is 24.7. The van der Waals surface area contributed by atoms with Crippen LogP contribution in [-0.4, -0.2) is 11.4 Å². The van der Waals surface area contributed by atoms with Gasteiger partial charge in [0.15, 0.2) is 0 Å². The van der Waals surface area contributed by atoms with E-state index in [4.69, 9.17) is 8.83 Å². The van der Waals surface area contributed by atoms with Gasteiger partial charge in [0.05, 0.1) is 11.0 Å². The van der Waals surface area contributed by atoms with Crippen LogP contribution in [0.2, 0.25) is 0 Å². The van der Waals surface area contributed by atoms with E-state index in [9.17, 15) is 0 Å². The maximum atomic E-state index is 6.75. The van der Waals surface area contributed by atoms with Crippen molar-refractivity contribution < 1.29 is 8.83 Å². The van der Waals surface area contributed by atoms with Gasteiger partial charge in [-0.1, -0.05) is 135 Å². The summed E-state index contributed by atoms with van der Waals surface area (Å²) in [5.74, 6) is 0. The second-order valence-corrected chi connectivity index (χ2v) is 23.5. The van der Waals surface area contributed by atoms with E-state index in [1.165, 1.54) is 102 Å². The largest absolute Gasteiger partial charge is 0.456 e. The lowest BCUT2D eigenvalue weighted by atomic mass is 9.44. The number of benzene rings is 8. The molecule has 68 heavy (non-hydrogen) atoms. The van der Waals surface area contributed by atoms with Gasteiger partial charge in [0.25, 0.3) is 0 Å². The highest BCUT2D eigenvalue weighted by Crippen LogP contribution is 2.58. The minimum absolute atomic E-state index is 0.0194. The lowest BCUT2D eigenvalue weighted by molar-refractivity contribution is 0.331. The van der Waals surface area contributed by atoms with Crippen molar-refractivity contribution in [1.29, 1.82) is 0 Å². The van der Waals surface area contributed by atoms with Gasteiger partial charge in [-0.2, -0.15) is 0 Å². The van der Waals surface area contributed by atoms with E-state index < -0.39 is 0 Å². The van der Waals surface area contributed by atoms with E-state index in [0.29, 0.717) is 0 Å². The summed E-state index contributed by atoms with van der Waals surface area (Å²) < 4.78 is 15.9. The van der Waals surface area contributed by atoms with Crippen molar-refractivity contribution >= 4 is 94.8 Å². The standard InChI is InChI=1S/C63H53BN2O2/c1-60(2,3)34-18-20-35(21-19-34)66-52-30-41-40-27-48-49(62(6,7)25-24-61(48,4)5)31-47(40)63(8,9)46(41)28-43(52)38-22-23-39-42-26-44-36-14-10-12-16-54(36)67-56(44)32-51(42)65-53-33-57-45(37-15-11-13-17-55(37)68-57)29-50(53)64(66)58(38)59(39)65/h10-23,26-33H,24-25H2,1-9H3. The molecule has 0 bridgehead atoms. The van der Waals surface area contributed by atoms with Gasteiger partial charge >= 0.3 is 6.85 Å². The predicted molar refractivity (Wildman–Crippen MR) is 286 cm³/mol. The number of nitrogens with zero attached hydrogens (tertiary/aromatic N) is 2. The maximum Gasteiger partial charge on any atom is 0.333 e. The summed E-state index contributed by atoms with van der Waals surface area (Å²) in [4.78, 5) is 2.70. The van der Waals surface area contributed by atoms with Gasteiger partial charge in [-0.15, -0.1) is 0 Å². The van der Waals surface area contributed by atoms with Crippen molar-refractivity contribution in [3.8, 4) is 27.9 Å². The van der Waals surface area contributed by atoms with Crippen LogP contribution in [0.15, 0.2) is 142 Å². The van der Waals surface area contributed by atoms with Crippen molar-refractivity contribution in [3.63, 3.8) is 0 Å². The molecule has 0 unspecified atom stereocenters. The third-order valence-corrected chi connectivity index (χ3v) is 17.4. The van der Waals surface area contributed by atoms with Gasteiger partial charge in [0.2, 0.25) is 0 Å². The molecule has 4 nitrogen and oxygen atoms in total. The highest BCUT2D eigenvalue weighted by Gasteiger charge is 2.48. The summed E-state index contributed by atoms with van der Waals surface area (Å²) in [6.45, 7) is 21.6. The van der Waals surface area contributed by atoms with Gasteiger partial charge in [-0.3, -0.25) is 0 Å². The Bertz CT molecular complexity index is 4110. The van der Waals surface area contributed by atoms with Crippen molar-refractivity contribution in [2.45, 2.75) is 96.8 Å². The molecule has 2 aliphatic carbocycles. The van der Waals surface area contributed by atoms with Gasteiger partial charge in [0, 0.05) is 72.5 Å². The summed E-state index contributed by atoms with van der Waals surface area (Å²) in [5, 5.41) is 7.04. The zero-order valence-corrected chi connectivity index (χ0v) is 40.4. The van der Waals surface area contributed by atoms with Crippen molar-refractivity contribution in [2.75, 3.05) is 4.81 Å².